The van der Waals surface area contributed by atoms with Crippen LogP contribution in [-0.4, -0.2) is 33.6 Å². The second kappa shape index (κ2) is 7.85. The van der Waals surface area contributed by atoms with E-state index in [9.17, 15) is 24.5 Å². The molecule has 3 aliphatic rings. The minimum atomic E-state index is -1.01. The number of benzene rings is 2. The summed E-state index contributed by atoms with van der Waals surface area (Å²) in [5, 5.41) is 13.8. The van der Waals surface area contributed by atoms with Crippen molar-refractivity contribution in [3.8, 4) is 0 Å². The topological polar surface area (TPSA) is 110 Å². The average Bonchev–Trinajstić information content (AvgIpc) is 3.47. The second-order valence-electron chi connectivity index (χ2n) is 8.93. The van der Waals surface area contributed by atoms with Gasteiger partial charge in [0.25, 0.3) is 5.69 Å². The Balaban J connectivity index is 1.45. The second-order valence-corrected chi connectivity index (χ2v) is 8.93. The summed E-state index contributed by atoms with van der Waals surface area (Å²) < 4.78 is 0. The van der Waals surface area contributed by atoms with Gasteiger partial charge in [0.15, 0.2) is 0 Å². The van der Waals surface area contributed by atoms with Crippen LogP contribution in [0.2, 0.25) is 0 Å². The minimum Gasteiger partial charge on any atom is -0.324 e. The number of likely N-dealkylation sites (tertiary alicyclic amines) is 1. The predicted molar refractivity (Wildman–Crippen MR) is 115 cm³/mol. The Morgan fingerprint density at radius 2 is 1.69 bits per heavy atom. The molecule has 0 unspecified atom stereocenters. The smallest absolute Gasteiger partial charge is 0.271 e. The zero-order chi connectivity index (χ0) is 22.4. The summed E-state index contributed by atoms with van der Waals surface area (Å²) in [6.07, 6.45) is 3.03. The number of nitro groups is 1. The van der Waals surface area contributed by atoms with Gasteiger partial charge in [0.05, 0.1) is 16.8 Å². The summed E-state index contributed by atoms with van der Waals surface area (Å²) in [6, 6.07) is 13.9. The zero-order valence-corrected chi connectivity index (χ0v) is 17.3. The molecule has 0 radical (unpaired) electrons. The number of nitro benzene ring substituents is 1. The Hall–Kier alpha value is -3.55. The SMILES string of the molecule is O=C(Nc1cccc([N+](=O)[O-])c1)[C@H](Cc1ccccc1)N1C(=O)[C@@H]2[C@@H]3CC[C@@H](C3)[C@@H]2C1=O. The van der Waals surface area contributed by atoms with Crippen molar-refractivity contribution in [1.82, 2.24) is 4.90 Å². The first-order valence-corrected chi connectivity index (χ1v) is 10.9. The van der Waals surface area contributed by atoms with Crippen LogP contribution in [0.1, 0.15) is 24.8 Å². The highest BCUT2D eigenvalue weighted by atomic mass is 16.6. The van der Waals surface area contributed by atoms with E-state index in [0.29, 0.717) is 0 Å². The van der Waals surface area contributed by atoms with Crippen LogP contribution < -0.4 is 5.32 Å². The maximum Gasteiger partial charge on any atom is 0.271 e. The van der Waals surface area contributed by atoms with Crippen LogP contribution in [0, 0.1) is 33.8 Å². The van der Waals surface area contributed by atoms with Crippen molar-refractivity contribution in [3.05, 3.63) is 70.3 Å². The molecule has 0 aromatic heterocycles. The number of carbonyl (C=O) groups is 3. The fourth-order valence-electron chi connectivity index (χ4n) is 5.80. The number of imide groups is 1. The number of anilines is 1. The number of rotatable bonds is 6. The summed E-state index contributed by atoms with van der Waals surface area (Å²) in [5.74, 6) is -1.20. The molecule has 2 aromatic rings. The number of hydrogen-bond acceptors (Lipinski definition) is 5. The number of nitrogens with zero attached hydrogens (tertiary/aromatic N) is 2. The summed E-state index contributed by atoms with van der Waals surface area (Å²) >= 11 is 0. The lowest BCUT2D eigenvalue weighted by Crippen LogP contribution is -2.49. The molecule has 8 nitrogen and oxygen atoms in total. The van der Waals surface area contributed by atoms with Crippen molar-refractivity contribution in [1.29, 1.82) is 0 Å². The van der Waals surface area contributed by atoms with Gasteiger partial charge in [-0.1, -0.05) is 36.4 Å². The molecule has 2 aromatic carbocycles. The Morgan fingerprint density at radius 1 is 1.03 bits per heavy atom. The fraction of sp³-hybridized carbons (Fsp3) is 0.375. The molecule has 2 aliphatic carbocycles. The molecule has 3 fully saturated rings. The molecule has 5 rings (SSSR count). The van der Waals surface area contributed by atoms with Crippen LogP contribution in [0.4, 0.5) is 11.4 Å². The predicted octanol–water partition coefficient (Wildman–Crippen LogP) is 3.18. The Bertz CT molecular complexity index is 1070. The van der Waals surface area contributed by atoms with Crippen molar-refractivity contribution >= 4 is 29.1 Å². The van der Waals surface area contributed by atoms with Crippen molar-refractivity contribution < 1.29 is 19.3 Å². The molecule has 8 heteroatoms. The normalized spacial score (nSPS) is 26.8. The van der Waals surface area contributed by atoms with E-state index in [2.05, 4.69) is 5.32 Å². The van der Waals surface area contributed by atoms with E-state index in [0.717, 1.165) is 24.8 Å². The lowest BCUT2D eigenvalue weighted by atomic mass is 9.81. The lowest BCUT2D eigenvalue weighted by molar-refractivity contribution is -0.384. The van der Waals surface area contributed by atoms with Crippen LogP contribution in [0.15, 0.2) is 54.6 Å². The highest BCUT2D eigenvalue weighted by Crippen LogP contribution is 2.56. The van der Waals surface area contributed by atoms with Crippen LogP contribution in [-0.2, 0) is 20.8 Å². The fourth-order valence-corrected chi connectivity index (χ4v) is 5.80. The van der Waals surface area contributed by atoms with Gasteiger partial charge < -0.3 is 5.32 Å². The molecule has 0 spiro atoms. The van der Waals surface area contributed by atoms with E-state index in [1.165, 1.54) is 23.1 Å². The van der Waals surface area contributed by atoms with Crippen LogP contribution in [0.25, 0.3) is 0 Å². The molecule has 164 valence electrons. The first-order valence-electron chi connectivity index (χ1n) is 10.9. The highest BCUT2D eigenvalue weighted by Gasteiger charge is 2.62. The highest BCUT2D eigenvalue weighted by molar-refractivity contribution is 6.10. The average molecular weight is 433 g/mol. The van der Waals surface area contributed by atoms with E-state index >= 15 is 0 Å². The Morgan fingerprint density at radius 3 is 2.31 bits per heavy atom. The Labute approximate surface area is 184 Å². The van der Waals surface area contributed by atoms with Crippen molar-refractivity contribution in [2.75, 3.05) is 5.32 Å². The molecular formula is C24H23N3O5. The van der Waals surface area contributed by atoms with Gasteiger partial charge in [0.1, 0.15) is 6.04 Å². The maximum atomic E-state index is 13.4. The number of non-ortho nitro benzene ring substituents is 1. The van der Waals surface area contributed by atoms with Gasteiger partial charge >= 0.3 is 0 Å². The molecule has 3 amide bonds. The third-order valence-electron chi connectivity index (χ3n) is 7.17. The van der Waals surface area contributed by atoms with Crippen LogP contribution in [0.3, 0.4) is 0 Å². The van der Waals surface area contributed by atoms with Gasteiger partial charge in [-0.25, -0.2) is 0 Å². The van der Waals surface area contributed by atoms with E-state index in [4.69, 9.17) is 0 Å². The van der Waals surface area contributed by atoms with Gasteiger partial charge in [-0.15, -0.1) is 0 Å². The van der Waals surface area contributed by atoms with Gasteiger partial charge in [0.2, 0.25) is 17.7 Å². The molecule has 2 bridgehead atoms. The molecule has 32 heavy (non-hydrogen) atoms. The summed E-state index contributed by atoms with van der Waals surface area (Å²) in [4.78, 5) is 51.8. The van der Waals surface area contributed by atoms with E-state index in [1.54, 1.807) is 6.07 Å². The zero-order valence-electron chi connectivity index (χ0n) is 17.3. The lowest BCUT2D eigenvalue weighted by Gasteiger charge is -2.27. The monoisotopic (exact) mass is 433 g/mol. The number of amides is 3. The van der Waals surface area contributed by atoms with E-state index in [-0.39, 0.29) is 53.3 Å². The van der Waals surface area contributed by atoms with Crippen molar-refractivity contribution in [2.45, 2.75) is 31.7 Å². The summed E-state index contributed by atoms with van der Waals surface area (Å²) in [7, 11) is 0. The third-order valence-corrected chi connectivity index (χ3v) is 7.17. The van der Waals surface area contributed by atoms with Crippen molar-refractivity contribution in [2.24, 2.45) is 23.7 Å². The number of fused-ring (bicyclic) bond motifs is 5. The molecular weight excluding hydrogens is 410 g/mol. The summed E-state index contributed by atoms with van der Waals surface area (Å²) in [6.45, 7) is 0. The van der Waals surface area contributed by atoms with E-state index < -0.39 is 16.9 Å². The largest absolute Gasteiger partial charge is 0.324 e. The Kier molecular flexibility index (Phi) is 5.00. The van der Waals surface area contributed by atoms with Gasteiger partial charge in [-0.3, -0.25) is 29.4 Å². The quantitative estimate of drug-likeness (QED) is 0.427. The van der Waals surface area contributed by atoms with Crippen molar-refractivity contribution in [3.63, 3.8) is 0 Å². The molecule has 1 N–H and O–H groups in total. The minimum absolute atomic E-state index is 0.151. The maximum absolute atomic E-state index is 13.4. The van der Waals surface area contributed by atoms with Crippen LogP contribution >= 0.6 is 0 Å². The number of hydrogen-bond donors (Lipinski definition) is 1. The van der Waals surface area contributed by atoms with Gasteiger partial charge in [0, 0.05) is 24.2 Å². The van der Waals surface area contributed by atoms with Gasteiger partial charge in [-0.2, -0.15) is 0 Å². The first-order chi connectivity index (χ1) is 15.4. The first kappa shape index (κ1) is 20.4. The van der Waals surface area contributed by atoms with Crippen LogP contribution in [0.5, 0.6) is 0 Å². The summed E-state index contributed by atoms with van der Waals surface area (Å²) in [5.41, 5.74) is 0.927. The molecule has 1 aliphatic heterocycles. The molecule has 5 atom stereocenters. The molecule has 2 saturated carbocycles. The van der Waals surface area contributed by atoms with E-state index in [1.807, 2.05) is 30.3 Å². The number of nitrogens with one attached hydrogen (secondary N) is 1. The molecule has 1 saturated heterocycles. The van der Waals surface area contributed by atoms with Gasteiger partial charge in [-0.05, 0) is 42.7 Å². The molecule has 1 heterocycles. The standard InChI is InChI=1S/C24H23N3O5/c28-22(25-17-7-4-8-18(13-17)27(31)32)19(11-14-5-2-1-3-6-14)26-23(29)20-15-9-10-16(12-15)21(20)24(26)30/h1-8,13,15-16,19-21H,9-12H2,(H,25,28)/t15-,16+,19-,20-,21+/m0/s1. The third kappa shape index (κ3) is 3.36. The number of carbonyl (C=O) groups excluding carboxylic acids is 3.